The van der Waals surface area contributed by atoms with E-state index in [2.05, 4.69) is 44.9 Å². The Kier molecular flexibility index (Phi) is 4.22. The van der Waals surface area contributed by atoms with Gasteiger partial charge in [0, 0.05) is 37.3 Å². The summed E-state index contributed by atoms with van der Waals surface area (Å²) in [6.07, 6.45) is 2.65. The van der Waals surface area contributed by atoms with Crippen molar-refractivity contribution in [3.8, 4) is 0 Å². The van der Waals surface area contributed by atoms with Crippen LogP contribution >= 0.6 is 0 Å². The first-order valence-electron chi connectivity index (χ1n) is 8.73. The highest BCUT2D eigenvalue weighted by Gasteiger charge is 2.20. The number of benzene rings is 2. The third-order valence-corrected chi connectivity index (χ3v) is 4.86. The van der Waals surface area contributed by atoms with Crippen molar-refractivity contribution in [2.24, 2.45) is 0 Å². The van der Waals surface area contributed by atoms with Gasteiger partial charge in [0.05, 0.1) is 5.52 Å². The molecule has 0 spiro atoms. The van der Waals surface area contributed by atoms with Gasteiger partial charge in [-0.1, -0.05) is 13.0 Å². The highest BCUT2D eigenvalue weighted by atomic mass is 19.1. The Bertz CT molecular complexity index is 871. The normalized spacial score (nSPS) is 15.0. The summed E-state index contributed by atoms with van der Waals surface area (Å²) in [6, 6.07) is 13.1. The van der Waals surface area contributed by atoms with Crippen molar-refractivity contribution in [2.75, 3.05) is 36.0 Å². The van der Waals surface area contributed by atoms with Gasteiger partial charge in [0.15, 0.2) is 0 Å². The fourth-order valence-electron chi connectivity index (χ4n) is 3.39. The molecule has 1 aliphatic heterocycles. The average Bonchev–Trinajstić information content (AvgIpc) is 2.68. The number of hydrogen-bond acceptors (Lipinski definition) is 4. The van der Waals surface area contributed by atoms with E-state index < -0.39 is 0 Å². The number of aryl methyl sites for hydroxylation is 1. The number of nitrogens with zero attached hydrogens (tertiary/aromatic N) is 4. The Morgan fingerprint density at radius 3 is 2.36 bits per heavy atom. The first kappa shape index (κ1) is 15.8. The maximum absolute atomic E-state index is 13.1. The molecule has 4 nitrogen and oxygen atoms in total. The Balaban J connectivity index is 1.56. The van der Waals surface area contributed by atoms with E-state index in [0.717, 1.165) is 55.0 Å². The predicted octanol–water partition coefficient (Wildman–Crippen LogP) is 3.66. The van der Waals surface area contributed by atoms with Crippen molar-refractivity contribution in [3.63, 3.8) is 0 Å². The maximum atomic E-state index is 13.1. The zero-order chi connectivity index (χ0) is 17.2. The van der Waals surface area contributed by atoms with Crippen LogP contribution in [-0.2, 0) is 6.42 Å². The summed E-state index contributed by atoms with van der Waals surface area (Å²) < 4.78 is 13.1. The van der Waals surface area contributed by atoms with Crippen LogP contribution in [0.3, 0.4) is 0 Å². The Morgan fingerprint density at radius 1 is 0.920 bits per heavy atom. The topological polar surface area (TPSA) is 32.3 Å². The predicted molar refractivity (Wildman–Crippen MR) is 99.7 cm³/mol. The quantitative estimate of drug-likeness (QED) is 0.731. The molecule has 3 aromatic rings. The number of rotatable bonds is 3. The molecule has 0 saturated carbocycles. The van der Waals surface area contributed by atoms with E-state index in [1.54, 1.807) is 6.33 Å². The number of anilines is 2. The molecule has 0 unspecified atom stereocenters. The van der Waals surface area contributed by atoms with Gasteiger partial charge in [0.2, 0.25) is 0 Å². The molecule has 0 atom stereocenters. The fraction of sp³-hybridized carbons (Fsp3) is 0.300. The monoisotopic (exact) mass is 336 g/mol. The Morgan fingerprint density at radius 2 is 1.64 bits per heavy atom. The van der Waals surface area contributed by atoms with Gasteiger partial charge < -0.3 is 9.80 Å². The lowest BCUT2D eigenvalue weighted by Gasteiger charge is -2.37. The van der Waals surface area contributed by atoms with Gasteiger partial charge in [-0.25, -0.2) is 14.4 Å². The van der Waals surface area contributed by atoms with Gasteiger partial charge in [0.1, 0.15) is 18.0 Å². The van der Waals surface area contributed by atoms with Gasteiger partial charge in [-0.2, -0.15) is 0 Å². The van der Waals surface area contributed by atoms with Gasteiger partial charge in [-0.05, 0) is 48.4 Å². The Hall–Kier alpha value is -2.69. The van der Waals surface area contributed by atoms with Crippen LogP contribution in [0.2, 0.25) is 0 Å². The number of halogens is 1. The molecule has 128 valence electrons. The SMILES string of the molecule is CCc1ccc2ncnc(N3CCN(c4ccc(F)cc4)CC3)c2c1. The van der Waals surface area contributed by atoms with E-state index in [1.807, 2.05) is 12.1 Å². The number of piperazine rings is 1. The first-order chi connectivity index (χ1) is 12.2. The van der Waals surface area contributed by atoms with Crippen LogP contribution in [0.25, 0.3) is 10.9 Å². The molecule has 0 N–H and O–H groups in total. The van der Waals surface area contributed by atoms with Crippen LogP contribution in [0, 0.1) is 5.82 Å². The fourth-order valence-corrected chi connectivity index (χ4v) is 3.39. The van der Waals surface area contributed by atoms with Gasteiger partial charge >= 0.3 is 0 Å². The zero-order valence-electron chi connectivity index (χ0n) is 14.3. The minimum absolute atomic E-state index is 0.193. The molecule has 1 aliphatic rings. The zero-order valence-corrected chi connectivity index (χ0v) is 14.3. The summed E-state index contributed by atoms with van der Waals surface area (Å²) in [4.78, 5) is 13.6. The molecule has 4 rings (SSSR count). The van der Waals surface area contributed by atoms with E-state index in [9.17, 15) is 4.39 Å². The van der Waals surface area contributed by atoms with Gasteiger partial charge in [-0.15, -0.1) is 0 Å². The van der Waals surface area contributed by atoms with Crippen molar-refractivity contribution in [2.45, 2.75) is 13.3 Å². The van der Waals surface area contributed by atoms with Gasteiger partial charge in [0.25, 0.3) is 0 Å². The van der Waals surface area contributed by atoms with Crippen molar-refractivity contribution in [3.05, 3.63) is 60.2 Å². The lowest BCUT2D eigenvalue weighted by molar-refractivity contribution is 0.624. The van der Waals surface area contributed by atoms with E-state index in [1.165, 1.54) is 17.7 Å². The standard InChI is InChI=1S/C20H21FN4/c1-2-15-3-8-19-18(13-15)20(23-14-22-19)25-11-9-24(10-12-25)17-6-4-16(21)5-7-17/h3-8,13-14H,2,9-12H2,1H3. The molecular formula is C20H21FN4. The van der Waals surface area contributed by atoms with Crippen molar-refractivity contribution in [1.29, 1.82) is 0 Å². The van der Waals surface area contributed by atoms with Crippen LogP contribution in [0.4, 0.5) is 15.9 Å². The molecule has 5 heteroatoms. The molecule has 0 amide bonds. The Labute approximate surface area is 146 Å². The van der Waals surface area contributed by atoms with E-state index in [-0.39, 0.29) is 5.82 Å². The maximum Gasteiger partial charge on any atom is 0.140 e. The second-order valence-corrected chi connectivity index (χ2v) is 6.35. The molecule has 0 radical (unpaired) electrons. The van der Waals surface area contributed by atoms with E-state index in [4.69, 9.17) is 0 Å². The summed E-state index contributed by atoms with van der Waals surface area (Å²) in [7, 11) is 0. The second kappa shape index (κ2) is 6.67. The summed E-state index contributed by atoms with van der Waals surface area (Å²) in [6.45, 7) is 5.72. The van der Waals surface area contributed by atoms with Gasteiger partial charge in [-0.3, -0.25) is 0 Å². The minimum atomic E-state index is -0.193. The van der Waals surface area contributed by atoms with Crippen LogP contribution in [-0.4, -0.2) is 36.1 Å². The molecule has 0 bridgehead atoms. The van der Waals surface area contributed by atoms with Crippen molar-refractivity contribution in [1.82, 2.24) is 9.97 Å². The third-order valence-electron chi connectivity index (χ3n) is 4.86. The van der Waals surface area contributed by atoms with Crippen LogP contribution < -0.4 is 9.80 Å². The summed E-state index contributed by atoms with van der Waals surface area (Å²) >= 11 is 0. The third kappa shape index (κ3) is 3.14. The molecular weight excluding hydrogens is 315 g/mol. The average molecular weight is 336 g/mol. The minimum Gasteiger partial charge on any atom is -0.368 e. The van der Waals surface area contributed by atoms with Crippen LogP contribution in [0.5, 0.6) is 0 Å². The molecule has 1 saturated heterocycles. The highest BCUT2D eigenvalue weighted by molar-refractivity contribution is 5.90. The largest absolute Gasteiger partial charge is 0.368 e. The number of hydrogen-bond donors (Lipinski definition) is 0. The smallest absolute Gasteiger partial charge is 0.140 e. The summed E-state index contributed by atoms with van der Waals surface area (Å²) in [5.74, 6) is 0.820. The van der Waals surface area contributed by atoms with E-state index >= 15 is 0 Å². The number of fused-ring (bicyclic) bond motifs is 1. The van der Waals surface area contributed by atoms with Crippen LogP contribution in [0.1, 0.15) is 12.5 Å². The molecule has 1 fully saturated rings. The molecule has 2 aromatic carbocycles. The van der Waals surface area contributed by atoms with Crippen molar-refractivity contribution < 1.29 is 4.39 Å². The lowest BCUT2D eigenvalue weighted by Crippen LogP contribution is -2.46. The van der Waals surface area contributed by atoms with Crippen LogP contribution in [0.15, 0.2) is 48.8 Å². The molecule has 2 heterocycles. The number of aromatic nitrogens is 2. The summed E-state index contributed by atoms with van der Waals surface area (Å²) in [5, 5.41) is 1.12. The highest BCUT2D eigenvalue weighted by Crippen LogP contribution is 2.26. The van der Waals surface area contributed by atoms with E-state index in [0.29, 0.717) is 0 Å². The molecule has 1 aromatic heterocycles. The lowest BCUT2D eigenvalue weighted by atomic mass is 10.1. The molecule has 25 heavy (non-hydrogen) atoms. The molecule has 0 aliphatic carbocycles. The second-order valence-electron chi connectivity index (χ2n) is 6.35. The summed E-state index contributed by atoms with van der Waals surface area (Å²) in [5.41, 5.74) is 3.36. The van der Waals surface area contributed by atoms with Crippen molar-refractivity contribution >= 4 is 22.4 Å². The first-order valence-corrected chi connectivity index (χ1v) is 8.73.